The summed E-state index contributed by atoms with van der Waals surface area (Å²) in [5.41, 5.74) is 2.11. The van der Waals surface area contributed by atoms with Gasteiger partial charge in [0.2, 0.25) is 0 Å². The summed E-state index contributed by atoms with van der Waals surface area (Å²) in [6, 6.07) is 26.4. The van der Waals surface area contributed by atoms with Gasteiger partial charge in [-0.1, -0.05) is 61.5 Å². The summed E-state index contributed by atoms with van der Waals surface area (Å²) in [7, 11) is 3.32. The van der Waals surface area contributed by atoms with Crippen molar-refractivity contribution in [1.29, 1.82) is 0 Å². The van der Waals surface area contributed by atoms with E-state index in [4.69, 9.17) is 24.1 Å². The summed E-state index contributed by atoms with van der Waals surface area (Å²) in [5, 5.41) is 8.80. The predicted octanol–water partition coefficient (Wildman–Crippen LogP) is 5.01. The third-order valence-corrected chi connectivity index (χ3v) is 8.08. The minimum absolute atomic E-state index is 0.0350. The molecule has 0 atom stereocenters. The SMILES string of the molecule is CCCN1CN(CCOC(=O)CCCC(=O)O)CN(CCOC(c2ccccc2)(c2ccc(OC)cc2)c2ccc(OC)cc2)C1. The molecule has 0 amide bonds. The Balaban J connectivity index is 1.50. The number of esters is 1. The smallest absolute Gasteiger partial charge is 0.305 e. The maximum Gasteiger partial charge on any atom is 0.305 e. The summed E-state index contributed by atoms with van der Waals surface area (Å²) >= 11 is 0. The first-order valence-electron chi connectivity index (χ1n) is 15.9. The number of methoxy groups -OCH3 is 2. The molecule has 1 aliphatic heterocycles. The van der Waals surface area contributed by atoms with Gasteiger partial charge in [0, 0.05) is 32.5 Å². The van der Waals surface area contributed by atoms with Crippen LogP contribution in [-0.2, 0) is 24.7 Å². The lowest BCUT2D eigenvalue weighted by Gasteiger charge is -2.43. The summed E-state index contributed by atoms with van der Waals surface area (Å²) in [4.78, 5) is 29.8. The summed E-state index contributed by atoms with van der Waals surface area (Å²) in [5.74, 6) is 0.282. The molecule has 46 heavy (non-hydrogen) atoms. The molecule has 0 bridgehead atoms. The molecule has 248 valence electrons. The Bertz CT molecular complexity index is 1300. The molecule has 1 aliphatic rings. The number of aliphatic carboxylic acids is 1. The van der Waals surface area contributed by atoms with Gasteiger partial charge in [0.15, 0.2) is 0 Å². The van der Waals surface area contributed by atoms with Crippen LogP contribution < -0.4 is 9.47 Å². The molecule has 10 nitrogen and oxygen atoms in total. The summed E-state index contributed by atoms with van der Waals surface area (Å²) < 4.78 is 23.4. The van der Waals surface area contributed by atoms with Gasteiger partial charge in [-0.2, -0.15) is 0 Å². The lowest BCUT2D eigenvalue weighted by molar-refractivity contribution is -0.145. The van der Waals surface area contributed by atoms with E-state index in [2.05, 4.69) is 58.0 Å². The molecule has 10 heteroatoms. The zero-order valence-corrected chi connectivity index (χ0v) is 27.2. The summed E-state index contributed by atoms with van der Waals surface area (Å²) in [6.07, 6.45) is 1.40. The Morgan fingerprint density at radius 3 is 1.70 bits per heavy atom. The van der Waals surface area contributed by atoms with E-state index < -0.39 is 11.6 Å². The van der Waals surface area contributed by atoms with Crippen molar-refractivity contribution in [3.05, 3.63) is 95.6 Å². The molecular formula is C36H47N3O7. The van der Waals surface area contributed by atoms with Crippen LogP contribution in [0.4, 0.5) is 0 Å². The van der Waals surface area contributed by atoms with Gasteiger partial charge in [-0.3, -0.25) is 24.3 Å². The molecule has 0 aromatic heterocycles. The molecule has 0 saturated carbocycles. The van der Waals surface area contributed by atoms with Gasteiger partial charge in [0.25, 0.3) is 0 Å². The monoisotopic (exact) mass is 633 g/mol. The van der Waals surface area contributed by atoms with Crippen LogP contribution in [0.25, 0.3) is 0 Å². The molecule has 3 aromatic carbocycles. The Labute approximate surface area is 272 Å². The summed E-state index contributed by atoms with van der Waals surface area (Å²) in [6.45, 7) is 7.43. The van der Waals surface area contributed by atoms with E-state index in [0.29, 0.717) is 26.4 Å². The first-order chi connectivity index (χ1) is 22.4. The van der Waals surface area contributed by atoms with E-state index in [1.54, 1.807) is 14.2 Å². The van der Waals surface area contributed by atoms with Crippen molar-refractivity contribution < 1.29 is 33.6 Å². The van der Waals surface area contributed by atoms with Gasteiger partial charge >= 0.3 is 11.9 Å². The van der Waals surface area contributed by atoms with Crippen molar-refractivity contribution in [3.8, 4) is 11.5 Å². The van der Waals surface area contributed by atoms with Crippen molar-refractivity contribution in [2.75, 3.05) is 67.1 Å². The highest BCUT2D eigenvalue weighted by Crippen LogP contribution is 2.41. The fourth-order valence-corrected chi connectivity index (χ4v) is 5.87. The number of rotatable bonds is 18. The second-order valence-corrected chi connectivity index (χ2v) is 11.4. The van der Waals surface area contributed by atoms with Crippen LogP contribution in [-0.4, -0.2) is 98.8 Å². The first kappa shape index (κ1) is 34.9. The van der Waals surface area contributed by atoms with E-state index in [-0.39, 0.29) is 31.8 Å². The van der Waals surface area contributed by atoms with E-state index in [9.17, 15) is 9.59 Å². The van der Waals surface area contributed by atoms with Crippen LogP contribution in [0.3, 0.4) is 0 Å². The average molecular weight is 634 g/mol. The van der Waals surface area contributed by atoms with Crippen LogP contribution in [0.2, 0.25) is 0 Å². The highest BCUT2D eigenvalue weighted by molar-refractivity contribution is 5.71. The predicted molar refractivity (Wildman–Crippen MR) is 176 cm³/mol. The molecular weight excluding hydrogens is 586 g/mol. The van der Waals surface area contributed by atoms with Crippen molar-refractivity contribution in [1.82, 2.24) is 14.7 Å². The number of ether oxygens (including phenoxy) is 4. The number of carboxylic acid groups (broad SMARTS) is 1. The quantitative estimate of drug-likeness (QED) is 0.152. The normalized spacial score (nSPS) is 14.6. The zero-order chi connectivity index (χ0) is 32.8. The fraction of sp³-hybridized carbons (Fsp3) is 0.444. The molecule has 0 spiro atoms. The standard InChI is InChI=1S/C36H47N3O7/c1-4-21-37-26-38(22-24-45-35(42)12-8-11-34(40)41)28-39(27-37)23-25-46-36(29-9-6-5-7-10-29,30-13-17-32(43-2)18-14-30)31-15-19-33(44-3)20-16-31/h5-7,9-10,13-20H,4,8,11-12,21-28H2,1-3H3,(H,40,41). The van der Waals surface area contributed by atoms with Crippen molar-refractivity contribution >= 4 is 11.9 Å². The molecule has 1 saturated heterocycles. The van der Waals surface area contributed by atoms with Crippen molar-refractivity contribution in [2.45, 2.75) is 38.2 Å². The van der Waals surface area contributed by atoms with Crippen molar-refractivity contribution in [3.63, 3.8) is 0 Å². The number of benzene rings is 3. The molecule has 0 radical (unpaired) electrons. The zero-order valence-electron chi connectivity index (χ0n) is 27.2. The molecule has 1 fully saturated rings. The number of carboxylic acids is 1. The number of hydrogen-bond donors (Lipinski definition) is 1. The van der Waals surface area contributed by atoms with Crippen LogP contribution in [0, 0.1) is 0 Å². The number of carbonyl (C=O) groups excluding carboxylic acids is 1. The van der Waals surface area contributed by atoms with Crippen molar-refractivity contribution in [2.24, 2.45) is 0 Å². The van der Waals surface area contributed by atoms with Crippen LogP contribution in [0.15, 0.2) is 78.9 Å². The molecule has 3 aromatic rings. The average Bonchev–Trinajstić information content (AvgIpc) is 3.07. The molecule has 4 rings (SSSR count). The lowest BCUT2D eigenvalue weighted by Crippen LogP contribution is -2.56. The maximum absolute atomic E-state index is 12.1. The molecule has 1 heterocycles. The number of hydrogen-bond acceptors (Lipinski definition) is 9. The first-order valence-corrected chi connectivity index (χ1v) is 15.9. The minimum Gasteiger partial charge on any atom is -0.497 e. The van der Waals surface area contributed by atoms with Crippen LogP contribution >= 0.6 is 0 Å². The third kappa shape index (κ3) is 9.53. The second kappa shape index (κ2) is 17.7. The maximum atomic E-state index is 12.1. The van der Waals surface area contributed by atoms with Gasteiger partial charge in [0.1, 0.15) is 23.7 Å². The van der Waals surface area contributed by atoms with Gasteiger partial charge in [0.05, 0.1) is 40.8 Å². The van der Waals surface area contributed by atoms with E-state index >= 15 is 0 Å². The Hall–Kier alpha value is -3.96. The number of carbonyl (C=O) groups is 2. The molecule has 1 N–H and O–H groups in total. The number of nitrogens with zero attached hydrogens (tertiary/aromatic N) is 3. The highest BCUT2D eigenvalue weighted by atomic mass is 16.5. The molecule has 0 aliphatic carbocycles. The van der Waals surface area contributed by atoms with E-state index in [1.807, 2.05) is 42.5 Å². The van der Waals surface area contributed by atoms with Gasteiger partial charge in [-0.05, 0) is 53.8 Å². The Kier molecular flexibility index (Phi) is 13.4. The van der Waals surface area contributed by atoms with Crippen LogP contribution in [0.1, 0.15) is 49.3 Å². The van der Waals surface area contributed by atoms with E-state index in [1.165, 1.54) is 0 Å². The van der Waals surface area contributed by atoms with Crippen LogP contribution in [0.5, 0.6) is 11.5 Å². The highest BCUT2D eigenvalue weighted by Gasteiger charge is 2.38. The topological polar surface area (TPSA) is 101 Å². The van der Waals surface area contributed by atoms with E-state index in [0.717, 1.165) is 54.5 Å². The second-order valence-electron chi connectivity index (χ2n) is 11.4. The third-order valence-electron chi connectivity index (χ3n) is 8.08. The largest absolute Gasteiger partial charge is 0.497 e. The molecule has 0 unspecified atom stereocenters. The van der Waals surface area contributed by atoms with Gasteiger partial charge in [-0.15, -0.1) is 0 Å². The van der Waals surface area contributed by atoms with Gasteiger partial charge < -0.3 is 24.1 Å². The minimum atomic E-state index is -0.907. The fourth-order valence-electron chi connectivity index (χ4n) is 5.87. The Morgan fingerprint density at radius 2 is 1.20 bits per heavy atom. The lowest BCUT2D eigenvalue weighted by atomic mass is 9.80. The Morgan fingerprint density at radius 1 is 0.696 bits per heavy atom. The van der Waals surface area contributed by atoms with Gasteiger partial charge in [-0.25, -0.2) is 0 Å².